The van der Waals surface area contributed by atoms with Gasteiger partial charge in [0.25, 0.3) is 0 Å². The minimum absolute atomic E-state index is 0.414. The fourth-order valence-corrected chi connectivity index (χ4v) is 1.50. The van der Waals surface area contributed by atoms with Gasteiger partial charge < -0.3 is 4.57 Å². The SMILES string of the molecule is Cn1cnc2cccc(CON)c21. The third kappa shape index (κ3) is 1.30. The van der Waals surface area contributed by atoms with Gasteiger partial charge in [-0.2, -0.15) is 0 Å². The van der Waals surface area contributed by atoms with Crippen molar-refractivity contribution >= 4 is 11.0 Å². The Morgan fingerprint density at radius 1 is 1.54 bits per heavy atom. The summed E-state index contributed by atoms with van der Waals surface area (Å²) in [5, 5.41) is 0. The first-order valence-electron chi connectivity index (χ1n) is 4.03. The minimum atomic E-state index is 0.414. The van der Waals surface area contributed by atoms with Crippen LogP contribution in [0.2, 0.25) is 0 Å². The lowest BCUT2D eigenvalue weighted by molar-refractivity contribution is 0.125. The lowest BCUT2D eigenvalue weighted by Crippen LogP contribution is -2.00. The molecule has 0 saturated heterocycles. The van der Waals surface area contributed by atoms with Crippen LogP contribution in [0.1, 0.15) is 5.56 Å². The average molecular weight is 177 g/mol. The largest absolute Gasteiger partial charge is 0.333 e. The van der Waals surface area contributed by atoms with Crippen LogP contribution >= 0.6 is 0 Å². The highest BCUT2D eigenvalue weighted by molar-refractivity contribution is 5.78. The van der Waals surface area contributed by atoms with E-state index in [4.69, 9.17) is 5.90 Å². The quantitative estimate of drug-likeness (QED) is 0.695. The first-order chi connectivity index (χ1) is 6.33. The zero-order valence-electron chi connectivity index (χ0n) is 7.40. The van der Waals surface area contributed by atoms with Crippen molar-refractivity contribution in [2.24, 2.45) is 12.9 Å². The molecule has 0 fully saturated rings. The summed E-state index contributed by atoms with van der Waals surface area (Å²) < 4.78 is 1.96. The van der Waals surface area contributed by atoms with Crippen molar-refractivity contribution in [2.45, 2.75) is 6.61 Å². The van der Waals surface area contributed by atoms with Crippen molar-refractivity contribution < 1.29 is 4.84 Å². The standard InChI is InChI=1S/C9H11N3O/c1-12-6-11-8-4-2-3-7(5-13-10)9(8)12/h2-4,6H,5,10H2,1H3. The number of rotatable bonds is 2. The number of aryl methyl sites for hydroxylation is 1. The van der Waals surface area contributed by atoms with E-state index in [2.05, 4.69) is 9.82 Å². The third-order valence-corrected chi connectivity index (χ3v) is 2.06. The van der Waals surface area contributed by atoms with E-state index in [1.807, 2.05) is 29.8 Å². The Kier molecular flexibility index (Phi) is 2.00. The number of hydrogen-bond acceptors (Lipinski definition) is 3. The molecule has 2 rings (SSSR count). The molecule has 4 nitrogen and oxygen atoms in total. The van der Waals surface area contributed by atoms with Gasteiger partial charge in [-0.1, -0.05) is 12.1 Å². The molecule has 0 unspecified atom stereocenters. The molecule has 0 bridgehead atoms. The summed E-state index contributed by atoms with van der Waals surface area (Å²) in [6, 6.07) is 5.90. The van der Waals surface area contributed by atoms with E-state index in [1.54, 1.807) is 6.33 Å². The van der Waals surface area contributed by atoms with Gasteiger partial charge in [0.1, 0.15) is 0 Å². The van der Waals surface area contributed by atoms with E-state index in [0.717, 1.165) is 16.6 Å². The Labute approximate surface area is 75.9 Å². The van der Waals surface area contributed by atoms with Crippen LogP contribution < -0.4 is 5.90 Å². The lowest BCUT2D eigenvalue weighted by atomic mass is 10.2. The molecule has 2 N–H and O–H groups in total. The molecule has 0 aliphatic heterocycles. The third-order valence-electron chi connectivity index (χ3n) is 2.06. The van der Waals surface area contributed by atoms with E-state index < -0.39 is 0 Å². The van der Waals surface area contributed by atoms with Crippen molar-refractivity contribution in [3.63, 3.8) is 0 Å². The monoisotopic (exact) mass is 177 g/mol. The molecule has 2 aromatic rings. The lowest BCUT2D eigenvalue weighted by Gasteiger charge is -2.02. The molecule has 1 aromatic heterocycles. The summed E-state index contributed by atoms with van der Waals surface area (Å²) >= 11 is 0. The predicted molar refractivity (Wildman–Crippen MR) is 49.7 cm³/mol. The molecule has 0 aliphatic carbocycles. The van der Waals surface area contributed by atoms with E-state index in [1.165, 1.54) is 0 Å². The maximum absolute atomic E-state index is 5.04. The normalized spacial score (nSPS) is 10.9. The van der Waals surface area contributed by atoms with Crippen molar-refractivity contribution in [1.82, 2.24) is 9.55 Å². The highest BCUT2D eigenvalue weighted by atomic mass is 16.6. The Morgan fingerprint density at radius 2 is 2.38 bits per heavy atom. The van der Waals surface area contributed by atoms with E-state index in [9.17, 15) is 0 Å². The van der Waals surface area contributed by atoms with Gasteiger partial charge in [0.2, 0.25) is 0 Å². The maximum atomic E-state index is 5.04. The number of aromatic nitrogens is 2. The molecule has 0 saturated carbocycles. The molecule has 0 amide bonds. The summed E-state index contributed by atoms with van der Waals surface area (Å²) in [5.41, 5.74) is 3.10. The average Bonchev–Trinajstić information content (AvgIpc) is 2.50. The van der Waals surface area contributed by atoms with Crippen LogP contribution in [0.25, 0.3) is 11.0 Å². The van der Waals surface area contributed by atoms with Gasteiger partial charge in [-0.25, -0.2) is 10.9 Å². The predicted octanol–water partition coefficient (Wildman–Crippen LogP) is 0.964. The van der Waals surface area contributed by atoms with Crippen LogP contribution in [0.3, 0.4) is 0 Å². The van der Waals surface area contributed by atoms with Crippen LogP contribution in [-0.2, 0) is 18.5 Å². The van der Waals surface area contributed by atoms with Crippen LogP contribution in [-0.4, -0.2) is 9.55 Å². The molecule has 0 radical (unpaired) electrons. The van der Waals surface area contributed by atoms with Gasteiger partial charge in [0.05, 0.1) is 24.0 Å². The zero-order valence-corrected chi connectivity index (χ0v) is 7.40. The number of benzene rings is 1. The Hall–Kier alpha value is -1.39. The highest BCUT2D eigenvalue weighted by Gasteiger charge is 2.04. The number of para-hydroxylation sites is 1. The number of nitrogens with two attached hydrogens (primary N) is 1. The Balaban J connectivity index is 2.65. The highest BCUT2D eigenvalue weighted by Crippen LogP contribution is 2.16. The number of nitrogens with zero attached hydrogens (tertiary/aromatic N) is 2. The number of fused-ring (bicyclic) bond motifs is 1. The van der Waals surface area contributed by atoms with Crippen LogP contribution in [0.4, 0.5) is 0 Å². The van der Waals surface area contributed by atoms with Crippen LogP contribution in [0.5, 0.6) is 0 Å². The van der Waals surface area contributed by atoms with Gasteiger partial charge in [-0.05, 0) is 6.07 Å². The van der Waals surface area contributed by atoms with Crippen LogP contribution in [0, 0.1) is 0 Å². The van der Waals surface area contributed by atoms with Gasteiger partial charge in [-0.3, -0.25) is 4.84 Å². The molecule has 0 atom stereocenters. The second kappa shape index (κ2) is 3.16. The molecule has 1 aromatic carbocycles. The molecular formula is C9H11N3O. The van der Waals surface area contributed by atoms with Gasteiger partial charge in [0, 0.05) is 12.6 Å². The summed E-state index contributed by atoms with van der Waals surface area (Å²) in [5.74, 6) is 5.04. The van der Waals surface area contributed by atoms with E-state index >= 15 is 0 Å². The summed E-state index contributed by atoms with van der Waals surface area (Å²) in [6.07, 6.45) is 1.78. The van der Waals surface area contributed by atoms with Crippen molar-refractivity contribution in [3.05, 3.63) is 30.1 Å². The zero-order chi connectivity index (χ0) is 9.26. The smallest absolute Gasteiger partial charge is 0.0955 e. The summed E-state index contributed by atoms with van der Waals surface area (Å²) in [7, 11) is 1.95. The molecular weight excluding hydrogens is 166 g/mol. The molecule has 4 heteroatoms. The van der Waals surface area contributed by atoms with Crippen molar-refractivity contribution in [1.29, 1.82) is 0 Å². The molecule has 68 valence electrons. The van der Waals surface area contributed by atoms with Gasteiger partial charge >= 0.3 is 0 Å². The summed E-state index contributed by atoms with van der Waals surface area (Å²) in [4.78, 5) is 8.85. The summed E-state index contributed by atoms with van der Waals surface area (Å²) in [6.45, 7) is 0.414. The molecule has 1 heterocycles. The van der Waals surface area contributed by atoms with Gasteiger partial charge in [-0.15, -0.1) is 0 Å². The first-order valence-corrected chi connectivity index (χ1v) is 4.03. The minimum Gasteiger partial charge on any atom is -0.333 e. The van der Waals surface area contributed by atoms with E-state index in [-0.39, 0.29) is 0 Å². The fraction of sp³-hybridized carbons (Fsp3) is 0.222. The second-order valence-corrected chi connectivity index (χ2v) is 2.95. The number of hydrogen-bond donors (Lipinski definition) is 1. The van der Waals surface area contributed by atoms with Gasteiger partial charge in [0.15, 0.2) is 0 Å². The maximum Gasteiger partial charge on any atom is 0.0955 e. The topological polar surface area (TPSA) is 53.1 Å². The molecule has 0 spiro atoms. The van der Waals surface area contributed by atoms with Crippen molar-refractivity contribution in [2.75, 3.05) is 0 Å². The van der Waals surface area contributed by atoms with Crippen LogP contribution in [0.15, 0.2) is 24.5 Å². The Morgan fingerprint density at radius 3 is 3.15 bits per heavy atom. The Bertz CT molecular complexity index is 422. The molecule has 13 heavy (non-hydrogen) atoms. The first kappa shape index (κ1) is 8.22. The molecule has 0 aliphatic rings. The second-order valence-electron chi connectivity index (χ2n) is 2.95. The number of imidazole rings is 1. The van der Waals surface area contributed by atoms with E-state index in [0.29, 0.717) is 6.61 Å². The van der Waals surface area contributed by atoms with Crippen molar-refractivity contribution in [3.8, 4) is 0 Å². The fourth-order valence-electron chi connectivity index (χ4n) is 1.50.